The van der Waals surface area contributed by atoms with E-state index in [-0.39, 0.29) is 6.42 Å². The largest absolute Gasteiger partial charge is 0.403 e. The highest BCUT2D eigenvalue weighted by molar-refractivity contribution is 9.10. The molecule has 0 saturated heterocycles. The molecule has 1 nitrogen and oxygen atoms in total. The lowest BCUT2D eigenvalue weighted by Gasteiger charge is -2.14. The van der Waals surface area contributed by atoms with Crippen LogP contribution in [0.25, 0.3) is 0 Å². The van der Waals surface area contributed by atoms with E-state index in [1.807, 2.05) is 24.3 Å². The topological polar surface area (TPSA) is 26.0 Å². The summed E-state index contributed by atoms with van der Waals surface area (Å²) in [7, 11) is 0. The van der Waals surface area contributed by atoms with Gasteiger partial charge in [0.15, 0.2) is 0 Å². The quantitative estimate of drug-likeness (QED) is 0.901. The van der Waals surface area contributed by atoms with Crippen LogP contribution in [-0.4, -0.2) is 12.2 Å². The third-order valence-electron chi connectivity index (χ3n) is 2.29. The number of alkyl halides is 3. The lowest BCUT2D eigenvalue weighted by molar-refractivity contribution is -0.149. The minimum absolute atomic E-state index is 0.0317. The molecule has 1 aromatic rings. The molecule has 90 valence electrons. The molecule has 0 heterocycles. The van der Waals surface area contributed by atoms with Gasteiger partial charge >= 0.3 is 6.18 Å². The molecule has 0 spiro atoms. The number of nitrogens with two attached hydrogens (primary N) is 1. The van der Waals surface area contributed by atoms with Crippen LogP contribution in [-0.2, 0) is 6.42 Å². The maximum absolute atomic E-state index is 12.1. The average molecular weight is 296 g/mol. The molecule has 0 aliphatic heterocycles. The summed E-state index contributed by atoms with van der Waals surface area (Å²) in [6, 6.07) is 5.83. The smallest absolute Gasteiger partial charge is 0.320 e. The van der Waals surface area contributed by atoms with Crippen LogP contribution in [0.15, 0.2) is 28.7 Å². The van der Waals surface area contributed by atoms with Crippen LogP contribution in [0.1, 0.15) is 18.4 Å². The highest BCUT2D eigenvalue weighted by Gasteiger charge is 2.35. The summed E-state index contributed by atoms with van der Waals surface area (Å²) in [4.78, 5) is 0. The molecule has 16 heavy (non-hydrogen) atoms. The molecule has 0 bridgehead atoms. The number of halogens is 4. The monoisotopic (exact) mass is 295 g/mol. The molecular weight excluding hydrogens is 283 g/mol. The molecule has 0 aromatic heterocycles. The highest BCUT2D eigenvalue weighted by Crippen LogP contribution is 2.22. The van der Waals surface area contributed by atoms with Crippen molar-refractivity contribution in [2.75, 3.05) is 0 Å². The van der Waals surface area contributed by atoms with E-state index in [2.05, 4.69) is 15.9 Å². The van der Waals surface area contributed by atoms with Gasteiger partial charge in [0, 0.05) is 4.47 Å². The Balaban J connectivity index is 2.36. The van der Waals surface area contributed by atoms with E-state index < -0.39 is 12.2 Å². The molecule has 1 atom stereocenters. The van der Waals surface area contributed by atoms with Crippen molar-refractivity contribution in [1.82, 2.24) is 0 Å². The number of rotatable bonds is 4. The van der Waals surface area contributed by atoms with Crippen molar-refractivity contribution >= 4 is 15.9 Å². The third kappa shape index (κ3) is 4.53. The molecule has 1 rings (SSSR count). The van der Waals surface area contributed by atoms with Crippen molar-refractivity contribution < 1.29 is 13.2 Å². The van der Waals surface area contributed by atoms with E-state index >= 15 is 0 Å². The molecule has 5 heteroatoms. The van der Waals surface area contributed by atoms with E-state index in [9.17, 15) is 13.2 Å². The van der Waals surface area contributed by atoms with Crippen molar-refractivity contribution in [3.05, 3.63) is 34.3 Å². The second-order valence-electron chi connectivity index (χ2n) is 3.67. The maximum Gasteiger partial charge on any atom is 0.403 e. The van der Waals surface area contributed by atoms with E-state index in [1.54, 1.807) is 0 Å². The fraction of sp³-hybridized carbons (Fsp3) is 0.455. The molecule has 0 saturated carbocycles. The molecule has 0 radical (unpaired) electrons. The van der Waals surface area contributed by atoms with Crippen LogP contribution >= 0.6 is 15.9 Å². The second-order valence-corrected chi connectivity index (χ2v) is 4.59. The second kappa shape index (κ2) is 5.68. The summed E-state index contributed by atoms with van der Waals surface area (Å²) >= 11 is 3.31. The van der Waals surface area contributed by atoms with Gasteiger partial charge in [-0.3, -0.25) is 0 Å². The van der Waals surface area contributed by atoms with Crippen molar-refractivity contribution in [1.29, 1.82) is 0 Å². The van der Waals surface area contributed by atoms with Gasteiger partial charge in [-0.05, 0) is 37.0 Å². The van der Waals surface area contributed by atoms with Crippen molar-refractivity contribution in [2.45, 2.75) is 31.5 Å². The zero-order chi connectivity index (χ0) is 12.2. The lowest BCUT2D eigenvalue weighted by atomic mass is 10.1. The van der Waals surface area contributed by atoms with Crippen LogP contribution in [0.4, 0.5) is 13.2 Å². The predicted octanol–water partition coefficient (Wildman–Crippen LogP) is 3.66. The standard InChI is InChI=1S/C11H13BrF3N/c12-9-5-1-3-8(7-9)4-2-6-10(16)11(13,14)15/h1,3,5,7,10H,2,4,6,16H2/t10-/m0/s1. The normalized spacial score (nSPS) is 13.8. The first kappa shape index (κ1) is 13.5. The van der Waals surface area contributed by atoms with E-state index in [0.717, 1.165) is 10.0 Å². The van der Waals surface area contributed by atoms with Gasteiger partial charge in [-0.2, -0.15) is 13.2 Å². The number of hydrogen-bond donors (Lipinski definition) is 1. The maximum atomic E-state index is 12.1. The summed E-state index contributed by atoms with van der Waals surface area (Å²) in [5.74, 6) is 0. The van der Waals surface area contributed by atoms with Crippen molar-refractivity contribution in [2.24, 2.45) is 5.73 Å². The van der Waals surface area contributed by atoms with Crippen LogP contribution in [0, 0.1) is 0 Å². The first-order chi connectivity index (χ1) is 7.39. The Morgan fingerprint density at radius 3 is 2.56 bits per heavy atom. The molecule has 1 aromatic carbocycles. The Morgan fingerprint density at radius 1 is 1.31 bits per heavy atom. The average Bonchev–Trinajstić information content (AvgIpc) is 2.16. The Bertz CT molecular complexity index is 338. The lowest BCUT2D eigenvalue weighted by Crippen LogP contribution is -2.37. The van der Waals surface area contributed by atoms with Gasteiger partial charge in [0.25, 0.3) is 0 Å². The Kier molecular flexibility index (Phi) is 4.80. The summed E-state index contributed by atoms with van der Waals surface area (Å²) in [5.41, 5.74) is 6.03. The SMILES string of the molecule is N[C@@H](CCCc1cccc(Br)c1)C(F)(F)F. The minimum Gasteiger partial charge on any atom is -0.320 e. The van der Waals surface area contributed by atoms with E-state index in [4.69, 9.17) is 5.73 Å². The van der Waals surface area contributed by atoms with E-state index in [0.29, 0.717) is 12.8 Å². The van der Waals surface area contributed by atoms with Crippen molar-refractivity contribution in [3.63, 3.8) is 0 Å². The zero-order valence-corrected chi connectivity index (χ0v) is 10.2. The summed E-state index contributed by atoms with van der Waals surface area (Å²) in [5, 5.41) is 0. The zero-order valence-electron chi connectivity index (χ0n) is 8.60. The predicted molar refractivity (Wildman–Crippen MR) is 61.1 cm³/mol. The first-order valence-corrected chi connectivity index (χ1v) is 5.75. The number of benzene rings is 1. The summed E-state index contributed by atoms with van der Waals surface area (Å²) in [6.45, 7) is 0. The molecule has 0 aliphatic rings. The highest BCUT2D eigenvalue weighted by atomic mass is 79.9. The van der Waals surface area contributed by atoms with Gasteiger partial charge in [0.05, 0.1) is 0 Å². The summed E-state index contributed by atoms with van der Waals surface area (Å²) in [6.07, 6.45) is -3.26. The number of hydrogen-bond acceptors (Lipinski definition) is 1. The summed E-state index contributed by atoms with van der Waals surface area (Å²) < 4.78 is 37.3. The molecule has 2 N–H and O–H groups in total. The van der Waals surface area contributed by atoms with Crippen LogP contribution < -0.4 is 5.73 Å². The Hall–Kier alpha value is -0.550. The fourth-order valence-electron chi connectivity index (χ4n) is 1.38. The Morgan fingerprint density at radius 2 is 2.00 bits per heavy atom. The molecule has 0 amide bonds. The van der Waals surface area contributed by atoms with Crippen molar-refractivity contribution in [3.8, 4) is 0 Å². The molecule has 0 aliphatic carbocycles. The molecular formula is C11H13BrF3N. The molecule has 0 fully saturated rings. The van der Waals surface area contributed by atoms with Gasteiger partial charge in [-0.25, -0.2) is 0 Å². The number of aryl methyl sites for hydroxylation is 1. The van der Waals surface area contributed by atoms with Crippen LogP contribution in [0.5, 0.6) is 0 Å². The Labute approximate surface area is 101 Å². The van der Waals surface area contributed by atoms with Gasteiger partial charge in [0.2, 0.25) is 0 Å². The fourth-order valence-corrected chi connectivity index (χ4v) is 1.83. The van der Waals surface area contributed by atoms with Gasteiger partial charge in [0.1, 0.15) is 6.04 Å². The van der Waals surface area contributed by atoms with E-state index in [1.165, 1.54) is 0 Å². The molecule has 0 unspecified atom stereocenters. The first-order valence-electron chi connectivity index (χ1n) is 4.96. The van der Waals surface area contributed by atoms with Gasteiger partial charge < -0.3 is 5.73 Å². The van der Waals surface area contributed by atoms with Crippen LogP contribution in [0.2, 0.25) is 0 Å². The van der Waals surface area contributed by atoms with Crippen LogP contribution in [0.3, 0.4) is 0 Å². The minimum atomic E-state index is -4.28. The third-order valence-corrected chi connectivity index (χ3v) is 2.78. The van der Waals surface area contributed by atoms with Gasteiger partial charge in [-0.1, -0.05) is 28.1 Å². The van der Waals surface area contributed by atoms with Gasteiger partial charge in [-0.15, -0.1) is 0 Å².